The first-order valence-corrected chi connectivity index (χ1v) is 12.5. The van der Waals surface area contributed by atoms with Gasteiger partial charge in [-0.1, -0.05) is 75.0 Å². The SMILES string of the molecule is C=CC1=C[C@@H](O)C[C@@H]2C(C)(C)[C@H]3O[C@@]2(C[C@@H]3OCc2ccccc2)[C@H]1OCc1ccc(OC)cc1. The fourth-order valence-electron chi connectivity index (χ4n) is 6.46. The molecule has 0 aromatic heterocycles. The Bertz CT molecular complexity index is 1060. The summed E-state index contributed by atoms with van der Waals surface area (Å²) in [6.07, 6.45) is 4.03. The van der Waals surface area contributed by atoms with Gasteiger partial charge in [-0.05, 0) is 40.7 Å². The average Bonchev–Trinajstić information content (AvgIpc) is 3.31. The molecule has 2 fully saturated rings. The molecule has 5 heteroatoms. The van der Waals surface area contributed by atoms with Gasteiger partial charge >= 0.3 is 0 Å². The monoisotopic (exact) mass is 476 g/mol. The minimum Gasteiger partial charge on any atom is -0.497 e. The van der Waals surface area contributed by atoms with Crippen LogP contribution in [-0.2, 0) is 27.4 Å². The molecule has 0 unspecified atom stereocenters. The van der Waals surface area contributed by atoms with E-state index in [2.05, 4.69) is 32.6 Å². The molecular formula is C30H36O5. The zero-order valence-electron chi connectivity index (χ0n) is 20.9. The zero-order valence-corrected chi connectivity index (χ0v) is 20.9. The average molecular weight is 477 g/mol. The van der Waals surface area contributed by atoms with E-state index in [4.69, 9.17) is 18.9 Å². The van der Waals surface area contributed by atoms with Crippen LogP contribution in [0.1, 0.15) is 37.8 Å². The van der Waals surface area contributed by atoms with Gasteiger partial charge in [0.05, 0.1) is 38.6 Å². The van der Waals surface area contributed by atoms with Crippen molar-refractivity contribution in [3.05, 3.63) is 90.0 Å². The Hall–Kier alpha value is -2.44. The molecule has 0 radical (unpaired) electrons. The number of hydrogen-bond donors (Lipinski definition) is 1. The van der Waals surface area contributed by atoms with Crippen molar-refractivity contribution in [2.45, 2.75) is 69.9 Å². The first-order chi connectivity index (χ1) is 16.9. The van der Waals surface area contributed by atoms with E-state index in [1.54, 1.807) is 13.2 Å². The molecule has 6 atom stereocenters. The van der Waals surface area contributed by atoms with Crippen molar-refractivity contribution in [1.82, 2.24) is 0 Å². The Morgan fingerprint density at radius 1 is 1.03 bits per heavy atom. The lowest BCUT2D eigenvalue weighted by atomic mass is 9.59. The van der Waals surface area contributed by atoms with Crippen molar-refractivity contribution in [2.75, 3.05) is 7.11 Å². The molecule has 186 valence electrons. The first kappa shape index (κ1) is 24.3. The molecule has 5 rings (SSSR count). The van der Waals surface area contributed by atoms with E-state index < -0.39 is 11.7 Å². The Morgan fingerprint density at radius 3 is 2.40 bits per heavy atom. The minimum absolute atomic E-state index is 0.0464. The largest absolute Gasteiger partial charge is 0.497 e. The van der Waals surface area contributed by atoms with Gasteiger partial charge in [0.15, 0.2) is 0 Å². The second-order valence-electron chi connectivity index (χ2n) is 10.6. The number of ether oxygens (including phenoxy) is 4. The molecule has 2 saturated heterocycles. The van der Waals surface area contributed by atoms with E-state index >= 15 is 0 Å². The number of rotatable bonds is 8. The number of benzene rings is 2. The summed E-state index contributed by atoms with van der Waals surface area (Å²) in [5, 5.41) is 10.9. The van der Waals surface area contributed by atoms with Gasteiger partial charge < -0.3 is 24.1 Å². The standard InChI is InChI=1S/C30H36O5/c1-5-22-15-23(31)16-26-29(2,3)28-25(33-18-20-9-7-6-8-10-20)17-30(26,35-28)27(22)34-19-21-11-13-24(32-4)14-12-21/h5-15,23,25-28,31H,1,16-19H2,2-4H3/t23-,25+,26-,27+,28+,30-/m1/s1. The predicted molar refractivity (Wildman–Crippen MR) is 135 cm³/mol. The topological polar surface area (TPSA) is 57.2 Å². The van der Waals surface area contributed by atoms with E-state index in [0.717, 1.165) is 28.9 Å². The molecule has 35 heavy (non-hydrogen) atoms. The third-order valence-corrected chi connectivity index (χ3v) is 8.15. The van der Waals surface area contributed by atoms with Crippen LogP contribution in [0.3, 0.4) is 0 Å². The van der Waals surface area contributed by atoms with E-state index in [1.807, 2.05) is 48.5 Å². The number of aliphatic hydroxyl groups excluding tert-OH is 1. The molecule has 3 aliphatic rings. The summed E-state index contributed by atoms with van der Waals surface area (Å²) in [6, 6.07) is 18.2. The Labute approximate surface area is 208 Å². The van der Waals surface area contributed by atoms with Crippen molar-refractivity contribution < 1.29 is 24.1 Å². The van der Waals surface area contributed by atoms with Crippen LogP contribution in [0, 0.1) is 11.3 Å². The summed E-state index contributed by atoms with van der Waals surface area (Å²) in [4.78, 5) is 0. The van der Waals surface area contributed by atoms with Crippen molar-refractivity contribution in [3.8, 4) is 5.75 Å². The summed E-state index contributed by atoms with van der Waals surface area (Å²) in [5.74, 6) is 0.940. The van der Waals surface area contributed by atoms with Gasteiger partial charge in [0.1, 0.15) is 17.5 Å². The van der Waals surface area contributed by atoms with Crippen LogP contribution in [0.5, 0.6) is 5.75 Å². The molecule has 2 aromatic carbocycles. The van der Waals surface area contributed by atoms with Gasteiger partial charge in [-0.2, -0.15) is 0 Å². The molecular weight excluding hydrogens is 440 g/mol. The number of hydrogen-bond acceptors (Lipinski definition) is 5. The predicted octanol–water partition coefficient (Wildman–Crippen LogP) is 5.23. The van der Waals surface area contributed by atoms with Crippen molar-refractivity contribution in [1.29, 1.82) is 0 Å². The Morgan fingerprint density at radius 2 is 1.71 bits per heavy atom. The molecule has 2 bridgehead atoms. The van der Waals surface area contributed by atoms with Crippen LogP contribution >= 0.6 is 0 Å². The van der Waals surface area contributed by atoms with Gasteiger partial charge in [0.2, 0.25) is 0 Å². The van der Waals surface area contributed by atoms with Crippen LogP contribution < -0.4 is 4.74 Å². The zero-order chi connectivity index (χ0) is 24.6. The lowest BCUT2D eigenvalue weighted by Gasteiger charge is -2.46. The highest BCUT2D eigenvalue weighted by Gasteiger charge is 2.71. The van der Waals surface area contributed by atoms with Gasteiger partial charge in [0.25, 0.3) is 0 Å². The molecule has 1 spiro atoms. The van der Waals surface area contributed by atoms with Crippen molar-refractivity contribution in [2.24, 2.45) is 11.3 Å². The van der Waals surface area contributed by atoms with Gasteiger partial charge in [-0.3, -0.25) is 0 Å². The van der Waals surface area contributed by atoms with E-state index in [1.165, 1.54) is 0 Å². The second kappa shape index (κ2) is 9.55. The minimum atomic E-state index is -0.584. The number of fused-ring (bicyclic) bond motifs is 1. The summed E-state index contributed by atoms with van der Waals surface area (Å²) in [5.41, 5.74) is 2.33. The Kier molecular flexibility index (Phi) is 6.62. The van der Waals surface area contributed by atoms with Crippen LogP contribution in [0.15, 0.2) is 78.9 Å². The highest BCUT2D eigenvalue weighted by molar-refractivity contribution is 5.34. The summed E-state index contributed by atoms with van der Waals surface area (Å²) < 4.78 is 25.3. The van der Waals surface area contributed by atoms with Crippen LogP contribution in [0.4, 0.5) is 0 Å². The van der Waals surface area contributed by atoms with Crippen LogP contribution in [-0.4, -0.2) is 42.2 Å². The molecule has 0 amide bonds. The number of methoxy groups -OCH3 is 1. The third kappa shape index (κ3) is 4.36. The summed E-state index contributed by atoms with van der Waals surface area (Å²) in [7, 11) is 1.66. The van der Waals surface area contributed by atoms with Crippen LogP contribution in [0.2, 0.25) is 0 Å². The molecule has 1 aliphatic carbocycles. The molecule has 1 N–H and O–H groups in total. The third-order valence-electron chi connectivity index (χ3n) is 8.15. The van der Waals surface area contributed by atoms with Crippen molar-refractivity contribution in [3.63, 3.8) is 0 Å². The van der Waals surface area contributed by atoms with Gasteiger partial charge in [0, 0.05) is 12.3 Å². The quantitative estimate of drug-likeness (QED) is 0.566. The first-order valence-electron chi connectivity index (χ1n) is 12.5. The maximum absolute atomic E-state index is 10.9. The fraction of sp³-hybridized carbons (Fsp3) is 0.467. The van der Waals surface area contributed by atoms with Crippen molar-refractivity contribution >= 4 is 0 Å². The van der Waals surface area contributed by atoms with E-state index in [9.17, 15) is 5.11 Å². The molecule has 2 aromatic rings. The fourth-order valence-corrected chi connectivity index (χ4v) is 6.46. The highest BCUT2D eigenvalue weighted by Crippen LogP contribution is 2.63. The van der Waals surface area contributed by atoms with Gasteiger partial charge in [-0.15, -0.1) is 0 Å². The maximum atomic E-state index is 10.9. The van der Waals surface area contributed by atoms with E-state index in [0.29, 0.717) is 19.6 Å². The van der Waals surface area contributed by atoms with Gasteiger partial charge in [-0.25, -0.2) is 0 Å². The lowest BCUT2D eigenvalue weighted by Crippen LogP contribution is -2.54. The normalized spacial score (nSPS) is 33.0. The second-order valence-corrected chi connectivity index (χ2v) is 10.6. The molecule has 2 aliphatic heterocycles. The van der Waals surface area contributed by atoms with E-state index in [-0.39, 0.29) is 29.6 Å². The summed E-state index contributed by atoms with van der Waals surface area (Å²) >= 11 is 0. The smallest absolute Gasteiger partial charge is 0.118 e. The number of aliphatic hydroxyl groups is 1. The molecule has 0 saturated carbocycles. The van der Waals surface area contributed by atoms with Crippen LogP contribution in [0.25, 0.3) is 0 Å². The summed E-state index contributed by atoms with van der Waals surface area (Å²) in [6.45, 7) is 9.51. The lowest BCUT2D eigenvalue weighted by molar-refractivity contribution is -0.117. The maximum Gasteiger partial charge on any atom is 0.118 e. The molecule has 5 nitrogen and oxygen atoms in total. The highest BCUT2D eigenvalue weighted by atomic mass is 16.6. The Balaban J connectivity index is 1.43. The molecule has 2 heterocycles.